The zero-order valence-electron chi connectivity index (χ0n) is 10.8. The van der Waals surface area contributed by atoms with Crippen LogP contribution in [0.4, 0.5) is 4.39 Å². The van der Waals surface area contributed by atoms with Gasteiger partial charge in [-0.05, 0) is 17.9 Å². The Morgan fingerprint density at radius 2 is 2.10 bits per heavy atom. The summed E-state index contributed by atoms with van der Waals surface area (Å²) >= 11 is 13.9. The van der Waals surface area contributed by atoms with E-state index in [1.165, 1.54) is 28.7 Å². The highest BCUT2D eigenvalue weighted by atomic mass is 35.5. The predicted molar refractivity (Wildman–Crippen MR) is 82.6 cm³/mol. The maximum atomic E-state index is 14.2. The number of aromatic nitrogens is 4. The molecule has 2 aromatic heterocycles. The third-order valence-corrected chi connectivity index (χ3v) is 4.36. The third-order valence-electron chi connectivity index (χ3n) is 2.83. The highest BCUT2D eigenvalue weighted by molar-refractivity contribution is 7.99. The summed E-state index contributed by atoms with van der Waals surface area (Å²) in [6.45, 7) is 1.98. The van der Waals surface area contributed by atoms with Crippen molar-refractivity contribution in [2.75, 3.05) is 5.75 Å². The number of thioether (sulfide) groups is 1. The van der Waals surface area contributed by atoms with E-state index < -0.39 is 5.82 Å². The molecule has 0 unspecified atom stereocenters. The average Bonchev–Trinajstić information content (AvgIpc) is 2.89. The maximum Gasteiger partial charge on any atom is 0.254 e. The van der Waals surface area contributed by atoms with Crippen LogP contribution in [0.25, 0.3) is 16.9 Å². The van der Waals surface area contributed by atoms with Gasteiger partial charge in [-0.3, -0.25) is 0 Å². The van der Waals surface area contributed by atoms with Gasteiger partial charge in [0.25, 0.3) is 5.78 Å². The van der Waals surface area contributed by atoms with Gasteiger partial charge in [-0.2, -0.15) is 19.6 Å². The molecule has 108 valence electrons. The van der Waals surface area contributed by atoms with Gasteiger partial charge in [0.15, 0.2) is 0 Å². The first-order valence-electron chi connectivity index (χ1n) is 6.10. The van der Waals surface area contributed by atoms with Crippen LogP contribution in [-0.2, 0) is 0 Å². The van der Waals surface area contributed by atoms with E-state index in [0.717, 1.165) is 5.75 Å². The lowest BCUT2D eigenvalue weighted by atomic mass is 10.1. The van der Waals surface area contributed by atoms with Gasteiger partial charge in [0.2, 0.25) is 0 Å². The summed E-state index contributed by atoms with van der Waals surface area (Å²) in [6.07, 6.45) is 1.38. The second-order valence-corrected chi connectivity index (χ2v) is 6.10. The molecule has 0 spiro atoms. The Hall–Kier alpha value is -1.37. The van der Waals surface area contributed by atoms with Gasteiger partial charge in [-0.25, -0.2) is 4.39 Å². The monoisotopic (exact) mass is 342 g/mol. The first-order valence-corrected chi connectivity index (χ1v) is 7.84. The van der Waals surface area contributed by atoms with Crippen molar-refractivity contribution in [3.63, 3.8) is 0 Å². The van der Waals surface area contributed by atoms with Crippen LogP contribution < -0.4 is 0 Å². The molecular formula is C13H9Cl2FN4S. The van der Waals surface area contributed by atoms with Crippen molar-refractivity contribution in [1.29, 1.82) is 0 Å². The summed E-state index contributed by atoms with van der Waals surface area (Å²) in [7, 11) is 0. The number of halogens is 3. The lowest BCUT2D eigenvalue weighted by Gasteiger charge is -2.13. The highest BCUT2D eigenvalue weighted by Gasteiger charge is 2.22. The quantitative estimate of drug-likeness (QED) is 0.524. The minimum absolute atomic E-state index is 0.151. The molecule has 0 aliphatic rings. The van der Waals surface area contributed by atoms with E-state index in [9.17, 15) is 4.39 Å². The molecule has 4 nitrogen and oxygen atoms in total. The number of hydrogen-bond donors (Lipinski definition) is 0. The first-order chi connectivity index (χ1) is 10.1. The number of benzene rings is 1. The van der Waals surface area contributed by atoms with Crippen molar-refractivity contribution in [2.24, 2.45) is 0 Å². The molecule has 0 saturated carbocycles. The number of nitrogens with zero attached hydrogens (tertiary/aromatic N) is 4. The van der Waals surface area contributed by atoms with Crippen LogP contribution in [0.5, 0.6) is 0 Å². The molecule has 3 rings (SSSR count). The number of rotatable bonds is 3. The standard InChI is InChI=1S/C13H9Cl2FN4S/c1-2-21-12-10(9-7(14)4-3-5-8(9)16)11(15)19-13-17-6-18-20(12)13/h3-6H,2H2,1H3. The molecule has 0 fully saturated rings. The number of fused-ring (bicyclic) bond motifs is 1. The molecule has 0 atom stereocenters. The third kappa shape index (κ3) is 2.47. The van der Waals surface area contributed by atoms with Gasteiger partial charge in [0, 0.05) is 5.56 Å². The zero-order valence-corrected chi connectivity index (χ0v) is 13.2. The molecule has 0 bridgehead atoms. The number of hydrogen-bond acceptors (Lipinski definition) is 4. The van der Waals surface area contributed by atoms with Crippen LogP contribution in [0.3, 0.4) is 0 Å². The largest absolute Gasteiger partial charge is 0.254 e. The second-order valence-electron chi connectivity index (χ2n) is 4.08. The second kappa shape index (κ2) is 5.79. The molecule has 0 aliphatic carbocycles. The minimum Gasteiger partial charge on any atom is -0.206 e. The van der Waals surface area contributed by atoms with E-state index in [1.807, 2.05) is 6.92 Å². The van der Waals surface area contributed by atoms with Crippen molar-refractivity contribution in [2.45, 2.75) is 11.9 Å². The molecule has 2 heterocycles. The Kier molecular flexibility index (Phi) is 4.01. The lowest BCUT2D eigenvalue weighted by Crippen LogP contribution is -2.02. The summed E-state index contributed by atoms with van der Waals surface area (Å²) in [6, 6.07) is 4.49. The first kappa shape index (κ1) is 14.6. The summed E-state index contributed by atoms with van der Waals surface area (Å²) in [4.78, 5) is 8.17. The SMILES string of the molecule is CCSc1c(-c2c(F)cccc2Cl)c(Cl)nc2ncnn12. The summed E-state index contributed by atoms with van der Waals surface area (Å²) in [5.41, 5.74) is 0.662. The van der Waals surface area contributed by atoms with Crippen LogP contribution in [0.15, 0.2) is 29.6 Å². The van der Waals surface area contributed by atoms with E-state index in [1.54, 1.807) is 12.1 Å². The predicted octanol–water partition coefficient (Wildman–Crippen LogP) is 4.35. The van der Waals surface area contributed by atoms with Gasteiger partial charge >= 0.3 is 0 Å². The molecule has 21 heavy (non-hydrogen) atoms. The van der Waals surface area contributed by atoms with Gasteiger partial charge in [0.1, 0.15) is 22.3 Å². The normalized spacial score (nSPS) is 11.2. The van der Waals surface area contributed by atoms with Crippen molar-refractivity contribution < 1.29 is 4.39 Å². The van der Waals surface area contributed by atoms with Crippen LogP contribution in [0, 0.1) is 5.82 Å². The van der Waals surface area contributed by atoms with E-state index in [4.69, 9.17) is 23.2 Å². The fourth-order valence-electron chi connectivity index (χ4n) is 2.01. The van der Waals surface area contributed by atoms with Gasteiger partial charge < -0.3 is 0 Å². The summed E-state index contributed by atoms with van der Waals surface area (Å²) < 4.78 is 15.8. The van der Waals surface area contributed by atoms with Crippen molar-refractivity contribution in [1.82, 2.24) is 19.6 Å². The Morgan fingerprint density at radius 3 is 2.81 bits per heavy atom. The Bertz CT molecular complexity index is 801. The van der Waals surface area contributed by atoms with E-state index in [2.05, 4.69) is 15.1 Å². The van der Waals surface area contributed by atoms with E-state index >= 15 is 0 Å². The van der Waals surface area contributed by atoms with Crippen molar-refractivity contribution in [3.8, 4) is 11.1 Å². The molecule has 0 amide bonds. The Balaban J connectivity index is 2.40. The molecular weight excluding hydrogens is 334 g/mol. The molecule has 1 aromatic carbocycles. The van der Waals surface area contributed by atoms with E-state index in [0.29, 0.717) is 16.4 Å². The summed E-state index contributed by atoms with van der Waals surface area (Å²) in [5, 5.41) is 5.21. The van der Waals surface area contributed by atoms with Gasteiger partial charge in [-0.1, -0.05) is 36.2 Å². The summed E-state index contributed by atoms with van der Waals surface area (Å²) in [5.74, 6) is 0.671. The molecule has 0 aliphatic heterocycles. The van der Waals surface area contributed by atoms with Crippen LogP contribution in [0.1, 0.15) is 6.92 Å². The van der Waals surface area contributed by atoms with Crippen LogP contribution in [0.2, 0.25) is 10.2 Å². The smallest absolute Gasteiger partial charge is 0.206 e. The average molecular weight is 343 g/mol. The fourth-order valence-corrected chi connectivity index (χ4v) is 3.45. The molecule has 3 aromatic rings. The fraction of sp³-hybridized carbons (Fsp3) is 0.154. The van der Waals surface area contributed by atoms with Gasteiger partial charge in [-0.15, -0.1) is 11.8 Å². The topological polar surface area (TPSA) is 43.1 Å². The van der Waals surface area contributed by atoms with Crippen molar-refractivity contribution >= 4 is 40.7 Å². The zero-order chi connectivity index (χ0) is 15.0. The maximum absolute atomic E-state index is 14.2. The minimum atomic E-state index is -0.455. The Morgan fingerprint density at radius 1 is 1.29 bits per heavy atom. The van der Waals surface area contributed by atoms with Crippen LogP contribution >= 0.6 is 35.0 Å². The van der Waals surface area contributed by atoms with Gasteiger partial charge in [0.05, 0.1) is 10.6 Å². The Labute approximate surface area is 134 Å². The lowest BCUT2D eigenvalue weighted by molar-refractivity contribution is 0.630. The van der Waals surface area contributed by atoms with Crippen LogP contribution in [-0.4, -0.2) is 25.3 Å². The molecule has 8 heteroatoms. The van der Waals surface area contributed by atoms with E-state index in [-0.39, 0.29) is 15.7 Å². The molecule has 0 radical (unpaired) electrons. The molecule has 0 N–H and O–H groups in total. The highest BCUT2D eigenvalue weighted by Crippen LogP contribution is 2.40. The molecule has 0 saturated heterocycles. The van der Waals surface area contributed by atoms with Crippen molar-refractivity contribution in [3.05, 3.63) is 40.5 Å².